The van der Waals surface area contributed by atoms with Gasteiger partial charge in [-0.3, -0.25) is 4.21 Å². The smallest absolute Gasteiger partial charge is 0.319 e. The quantitative estimate of drug-likeness (QED) is 0.791. The van der Waals surface area contributed by atoms with Crippen molar-refractivity contribution in [3.05, 3.63) is 60.2 Å². The largest absolute Gasteiger partial charge is 0.394 e. The number of amides is 2. The second kappa shape index (κ2) is 7.72. The summed E-state index contributed by atoms with van der Waals surface area (Å²) in [5.41, 5.74) is 1.42. The van der Waals surface area contributed by atoms with E-state index in [0.29, 0.717) is 10.6 Å². The number of urea groups is 1. The summed E-state index contributed by atoms with van der Waals surface area (Å²) in [5.74, 6) is 0. The van der Waals surface area contributed by atoms with E-state index in [1.165, 1.54) is 0 Å². The van der Waals surface area contributed by atoms with Gasteiger partial charge in [0.2, 0.25) is 0 Å². The maximum absolute atomic E-state index is 12.0. The maximum atomic E-state index is 12.0. The number of hydrogen-bond acceptors (Lipinski definition) is 3. The number of aliphatic hydroxyl groups excluding tert-OH is 1. The Morgan fingerprint density at radius 3 is 2.32 bits per heavy atom. The maximum Gasteiger partial charge on any atom is 0.319 e. The number of carbonyl (C=O) groups excluding carboxylic acids is 1. The second-order valence-corrected chi connectivity index (χ2v) is 6.10. The van der Waals surface area contributed by atoms with E-state index in [0.717, 1.165) is 5.56 Å². The van der Waals surface area contributed by atoms with Crippen molar-refractivity contribution >= 4 is 22.5 Å². The van der Waals surface area contributed by atoms with Crippen molar-refractivity contribution < 1.29 is 14.1 Å². The first-order valence-electron chi connectivity index (χ1n) is 6.77. The van der Waals surface area contributed by atoms with Gasteiger partial charge in [-0.05, 0) is 29.8 Å². The highest BCUT2D eigenvalue weighted by molar-refractivity contribution is 7.84. The van der Waals surface area contributed by atoms with E-state index in [2.05, 4.69) is 10.6 Å². The number of carbonyl (C=O) groups is 1. The van der Waals surface area contributed by atoms with Crippen molar-refractivity contribution in [2.45, 2.75) is 10.9 Å². The predicted octanol–water partition coefficient (Wildman–Crippen LogP) is 2.28. The Hall–Kier alpha value is -2.18. The van der Waals surface area contributed by atoms with Gasteiger partial charge < -0.3 is 15.7 Å². The van der Waals surface area contributed by atoms with E-state index >= 15 is 0 Å². The molecule has 0 spiro atoms. The lowest BCUT2D eigenvalue weighted by Gasteiger charge is -2.17. The lowest BCUT2D eigenvalue weighted by Crippen LogP contribution is -2.34. The molecule has 2 aromatic rings. The number of hydrogen-bond donors (Lipinski definition) is 3. The van der Waals surface area contributed by atoms with Gasteiger partial charge >= 0.3 is 6.03 Å². The van der Waals surface area contributed by atoms with Crippen LogP contribution in [0.15, 0.2) is 59.5 Å². The van der Waals surface area contributed by atoms with E-state index in [1.54, 1.807) is 30.5 Å². The molecular formula is C16H18N2O3S. The molecule has 0 aromatic heterocycles. The van der Waals surface area contributed by atoms with Crippen LogP contribution in [-0.4, -0.2) is 28.2 Å². The van der Waals surface area contributed by atoms with Crippen LogP contribution in [0.3, 0.4) is 0 Å². The molecule has 0 bridgehead atoms. The number of rotatable bonds is 5. The van der Waals surface area contributed by atoms with Crippen LogP contribution in [0.5, 0.6) is 0 Å². The third-order valence-corrected chi connectivity index (χ3v) is 4.07. The van der Waals surface area contributed by atoms with E-state index in [4.69, 9.17) is 0 Å². The monoisotopic (exact) mass is 318 g/mol. The SMILES string of the molecule is CS(=O)c1ccc(NC(=O)NC(CO)c2ccccc2)cc1. The standard InChI is InChI=1S/C16H18N2O3S/c1-22(21)14-9-7-13(8-10-14)17-16(20)18-15(11-19)12-5-3-2-4-6-12/h2-10,15,19H,11H2,1H3,(H2,17,18,20). The Kier molecular flexibility index (Phi) is 5.68. The first kappa shape index (κ1) is 16.2. The van der Waals surface area contributed by atoms with Crippen molar-refractivity contribution in [1.82, 2.24) is 5.32 Å². The summed E-state index contributed by atoms with van der Waals surface area (Å²) in [6.45, 7) is -0.189. The van der Waals surface area contributed by atoms with Crippen LogP contribution >= 0.6 is 0 Å². The van der Waals surface area contributed by atoms with E-state index < -0.39 is 22.9 Å². The molecule has 22 heavy (non-hydrogen) atoms. The van der Waals surface area contributed by atoms with E-state index in [9.17, 15) is 14.1 Å². The van der Waals surface area contributed by atoms with Crippen molar-refractivity contribution in [2.75, 3.05) is 18.2 Å². The Bertz CT molecular complexity index is 644. The fourth-order valence-corrected chi connectivity index (χ4v) is 2.49. The van der Waals surface area contributed by atoms with Crippen molar-refractivity contribution in [3.8, 4) is 0 Å². The first-order valence-corrected chi connectivity index (χ1v) is 8.33. The van der Waals surface area contributed by atoms with Crippen LogP contribution in [0.1, 0.15) is 11.6 Å². The van der Waals surface area contributed by atoms with Gasteiger partial charge in [0.1, 0.15) is 0 Å². The Morgan fingerprint density at radius 2 is 1.77 bits per heavy atom. The Morgan fingerprint density at radius 1 is 1.14 bits per heavy atom. The van der Waals surface area contributed by atoms with E-state index in [-0.39, 0.29) is 6.61 Å². The number of anilines is 1. The summed E-state index contributed by atoms with van der Waals surface area (Å²) >= 11 is 0. The molecule has 6 heteroatoms. The fourth-order valence-electron chi connectivity index (χ4n) is 1.98. The van der Waals surface area contributed by atoms with Crippen LogP contribution in [-0.2, 0) is 10.8 Å². The van der Waals surface area contributed by atoms with Crippen molar-refractivity contribution in [1.29, 1.82) is 0 Å². The molecule has 2 rings (SSSR count). The average molecular weight is 318 g/mol. The molecule has 3 N–H and O–H groups in total. The van der Waals surface area contributed by atoms with Gasteiger partial charge in [0.05, 0.1) is 12.6 Å². The fraction of sp³-hybridized carbons (Fsp3) is 0.188. The molecule has 2 aromatic carbocycles. The van der Waals surface area contributed by atoms with Crippen LogP contribution in [0.2, 0.25) is 0 Å². The van der Waals surface area contributed by atoms with Crippen LogP contribution in [0, 0.1) is 0 Å². The second-order valence-electron chi connectivity index (χ2n) is 4.72. The Labute approximate surface area is 131 Å². The summed E-state index contributed by atoms with van der Waals surface area (Å²) in [6.07, 6.45) is 1.60. The lowest BCUT2D eigenvalue weighted by molar-refractivity contribution is 0.225. The highest BCUT2D eigenvalue weighted by Gasteiger charge is 2.13. The first-order chi connectivity index (χ1) is 10.6. The van der Waals surface area contributed by atoms with Crippen LogP contribution in [0.25, 0.3) is 0 Å². The zero-order valence-electron chi connectivity index (χ0n) is 12.2. The van der Waals surface area contributed by atoms with E-state index in [1.807, 2.05) is 30.3 Å². The number of benzene rings is 2. The summed E-state index contributed by atoms with van der Waals surface area (Å²) in [7, 11) is -1.05. The molecule has 0 saturated carbocycles. The molecule has 2 amide bonds. The molecule has 0 aliphatic rings. The van der Waals surface area contributed by atoms with Gasteiger partial charge in [-0.2, -0.15) is 0 Å². The molecule has 2 atom stereocenters. The molecule has 0 heterocycles. The van der Waals surface area contributed by atoms with Gasteiger partial charge in [0, 0.05) is 27.6 Å². The third-order valence-electron chi connectivity index (χ3n) is 3.13. The van der Waals surface area contributed by atoms with Crippen LogP contribution < -0.4 is 10.6 Å². The summed E-state index contributed by atoms with van der Waals surface area (Å²) < 4.78 is 11.3. The zero-order chi connectivity index (χ0) is 15.9. The molecule has 0 aliphatic carbocycles. The highest BCUT2D eigenvalue weighted by atomic mass is 32.2. The van der Waals surface area contributed by atoms with Gasteiger partial charge in [0.15, 0.2) is 0 Å². The third kappa shape index (κ3) is 4.41. The van der Waals surface area contributed by atoms with Gasteiger partial charge in [-0.25, -0.2) is 4.79 Å². The summed E-state index contributed by atoms with van der Waals surface area (Å²) in [4.78, 5) is 12.7. The van der Waals surface area contributed by atoms with Gasteiger partial charge in [0.25, 0.3) is 0 Å². The normalized spacial score (nSPS) is 13.2. The van der Waals surface area contributed by atoms with Gasteiger partial charge in [-0.15, -0.1) is 0 Å². The molecule has 5 nitrogen and oxygen atoms in total. The van der Waals surface area contributed by atoms with Crippen molar-refractivity contribution in [2.24, 2.45) is 0 Å². The lowest BCUT2D eigenvalue weighted by atomic mass is 10.1. The minimum Gasteiger partial charge on any atom is -0.394 e. The molecule has 2 unspecified atom stereocenters. The Balaban J connectivity index is 1.98. The number of aliphatic hydroxyl groups is 1. The zero-order valence-corrected chi connectivity index (χ0v) is 13.0. The summed E-state index contributed by atoms with van der Waals surface area (Å²) in [6, 6.07) is 15.1. The van der Waals surface area contributed by atoms with Crippen molar-refractivity contribution in [3.63, 3.8) is 0 Å². The summed E-state index contributed by atoms with van der Waals surface area (Å²) in [5, 5.41) is 14.8. The topological polar surface area (TPSA) is 78.4 Å². The molecule has 0 fully saturated rings. The van der Waals surface area contributed by atoms with Gasteiger partial charge in [-0.1, -0.05) is 30.3 Å². The average Bonchev–Trinajstić information content (AvgIpc) is 2.54. The highest BCUT2D eigenvalue weighted by Crippen LogP contribution is 2.14. The minimum absolute atomic E-state index is 0.189. The molecular weight excluding hydrogens is 300 g/mol. The molecule has 0 radical (unpaired) electrons. The molecule has 116 valence electrons. The van der Waals surface area contributed by atoms with Crippen LogP contribution in [0.4, 0.5) is 10.5 Å². The molecule has 0 aliphatic heterocycles. The molecule has 0 saturated heterocycles. The number of nitrogens with one attached hydrogen (secondary N) is 2. The minimum atomic E-state index is -1.05. The predicted molar refractivity (Wildman–Crippen MR) is 87.2 cm³/mol.